The molecule has 1 saturated heterocycles. The summed E-state index contributed by atoms with van der Waals surface area (Å²) < 4.78 is 0. The van der Waals surface area contributed by atoms with Crippen molar-refractivity contribution in [3.05, 3.63) is 94.2 Å². The highest BCUT2D eigenvalue weighted by atomic mass is 35.5. The number of carbonyl (C=O) groups excluding carboxylic acids is 2. The Labute approximate surface area is 207 Å². The lowest BCUT2D eigenvalue weighted by Gasteiger charge is -2.31. The van der Waals surface area contributed by atoms with E-state index in [2.05, 4.69) is 4.98 Å². The van der Waals surface area contributed by atoms with Crippen molar-refractivity contribution in [2.75, 3.05) is 13.1 Å². The second kappa shape index (κ2) is 9.53. The van der Waals surface area contributed by atoms with Gasteiger partial charge in [-0.2, -0.15) is 0 Å². The minimum absolute atomic E-state index is 0.0417. The number of halogens is 2. The van der Waals surface area contributed by atoms with Crippen LogP contribution in [-0.2, 0) is 0 Å². The van der Waals surface area contributed by atoms with Crippen LogP contribution in [0.5, 0.6) is 0 Å². The van der Waals surface area contributed by atoms with E-state index in [1.807, 2.05) is 47.4 Å². The van der Waals surface area contributed by atoms with Gasteiger partial charge in [0.1, 0.15) is 0 Å². The van der Waals surface area contributed by atoms with Gasteiger partial charge < -0.3 is 4.90 Å². The summed E-state index contributed by atoms with van der Waals surface area (Å²) in [5.74, 6) is -0.155. The van der Waals surface area contributed by atoms with Crippen LogP contribution in [0.3, 0.4) is 0 Å². The van der Waals surface area contributed by atoms with E-state index in [1.54, 1.807) is 30.6 Å². The first-order chi connectivity index (χ1) is 16.5. The number of benzene rings is 2. The predicted octanol–water partition coefficient (Wildman–Crippen LogP) is 6.34. The first kappa shape index (κ1) is 22.5. The maximum atomic E-state index is 13.6. The van der Waals surface area contributed by atoms with Crippen LogP contribution in [0.4, 0.5) is 0 Å². The number of likely N-dealkylation sites (tertiary alicyclic amines) is 1. The molecule has 34 heavy (non-hydrogen) atoms. The van der Waals surface area contributed by atoms with E-state index in [1.165, 1.54) is 0 Å². The standard InChI is InChI=1S/C27H21Cl2N3O2/c28-22-6-5-19(15-23(22)29)26(33)18-9-13-32(14-10-18)27(34)21-16-25(17-7-11-30-12-8-17)31-24-4-2-1-3-20(21)24/h1-8,11-12,15-16,18H,9-10,13-14H2. The molecule has 0 atom stereocenters. The molecule has 0 unspecified atom stereocenters. The van der Waals surface area contributed by atoms with Gasteiger partial charge in [0.05, 0.1) is 26.8 Å². The van der Waals surface area contributed by atoms with E-state index in [0.717, 1.165) is 22.2 Å². The van der Waals surface area contributed by atoms with Crippen LogP contribution in [-0.4, -0.2) is 39.6 Å². The molecule has 0 spiro atoms. The third-order valence-electron chi connectivity index (χ3n) is 6.28. The zero-order valence-corrected chi connectivity index (χ0v) is 19.8. The second-order valence-corrected chi connectivity index (χ2v) is 9.18. The number of hydrogen-bond donors (Lipinski definition) is 0. The van der Waals surface area contributed by atoms with Crippen LogP contribution in [0.25, 0.3) is 22.2 Å². The van der Waals surface area contributed by atoms with Gasteiger partial charge in [0, 0.05) is 47.9 Å². The quantitative estimate of drug-likeness (QED) is 0.313. The minimum atomic E-state index is -0.150. The third kappa shape index (κ3) is 4.41. The number of hydrogen-bond acceptors (Lipinski definition) is 4. The number of rotatable bonds is 4. The predicted molar refractivity (Wildman–Crippen MR) is 134 cm³/mol. The van der Waals surface area contributed by atoms with Crippen molar-refractivity contribution < 1.29 is 9.59 Å². The lowest BCUT2D eigenvalue weighted by molar-refractivity contribution is 0.0652. The van der Waals surface area contributed by atoms with Gasteiger partial charge in [-0.05, 0) is 55.3 Å². The number of carbonyl (C=O) groups is 2. The van der Waals surface area contributed by atoms with Crippen molar-refractivity contribution in [2.45, 2.75) is 12.8 Å². The molecule has 1 amide bonds. The highest BCUT2D eigenvalue weighted by Crippen LogP contribution is 2.29. The van der Waals surface area contributed by atoms with Crippen molar-refractivity contribution >= 4 is 45.8 Å². The number of aromatic nitrogens is 2. The molecule has 0 radical (unpaired) electrons. The molecule has 0 aliphatic carbocycles. The second-order valence-electron chi connectivity index (χ2n) is 8.37. The van der Waals surface area contributed by atoms with Crippen molar-refractivity contribution in [2.24, 2.45) is 5.92 Å². The molecule has 1 aliphatic rings. The van der Waals surface area contributed by atoms with Crippen molar-refractivity contribution in [1.82, 2.24) is 14.9 Å². The van der Waals surface area contributed by atoms with Crippen LogP contribution in [0.15, 0.2) is 73.1 Å². The average molecular weight is 490 g/mol. The Bertz CT molecular complexity index is 1380. The van der Waals surface area contributed by atoms with Crippen molar-refractivity contribution in [1.29, 1.82) is 0 Å². The summed E-state index contributed by atoms with van der Waals surface area (Å²) in [6.07, 6.45) is 4.63. The van der Waals surface area contributed by atoms with E-state index in [9.17, 15) is 9.59 Å². The monoisotopic (exact) mass is 489 g/mol. The Hall–Kier alpha value is -3.28. The summed E-state index contributed by atoms with van der Waals surface area (Å²) >= 11 is 12.1. The average Bonchev–Trinajstić information content (AvgIpc) is 2.89. The molecule has 3 heterocycles. The fourth-order valence-electron chi connectivity index (χ4n) is 4.42. The molecular formula is C27H21Cl2N3O2. The molecule has 0 N–H and O–H groups in total. The molecule has 0 bridgehead atoms. The number of ketones is 1. The number of para-hydroxylation sites is 1. The molecular weight excluding hydrogens is 469 g/mol. The Morgan fingerprint density at radius 1 is 0.882 bits per heavy atom. The zero-order valence-electron chi connectivity index (χ0n) is 18.2. The van der Waals surface area contributed by atoms with Crippen LogP contribution in [0.2, 0.25) is 10.0 Å². The highest BCUT2D eigenvalue weighted by Gasteiger charge is 2.29. The zero-order chi connectivity index (χ0) is 23.7. The first-order valence-electron chi connectivity index (χ1n) is 11.1. The molecule has 2 aromatic heterocycles. The maximum absolute atomic E-state index is 13.6. The van der Waals surface area contributed by atoms with E-state index in [-0.39, 0.29) is 17.6 Å². The maximum Gasteiger partial charge on any atom is 0.254 e. The molecule has 4 aromatic rings. The van der Waals surface area contributed by atoms with Gasteiger partial charge in [0.25, 0.3) is 5.91 Å². The number of fused-ring (bicyclic) bond motifs is 1. The number of nitrogens with zero attached hydrogens (tertiary/aromatic N) is 3. The van der Waals surface area contributed by atoms with E-state index >= 15 is 0 Å². The molecule has 1 fully saturated rings. The Morgan fingerprint density at radius 3 is 2.35 bits per heavy atom. The van der Waals surface area contributed by atoms with Crippen LogP contribution < -0.4 is 0 Å². The summed E-state index contributed by atoms with van der Waals surface area (Å²) in [6.45, 7) is 1.02. The normalized spacial score (nSPS) is 14.4. The Kier molecular flexibility index (Phi) is 6.31. The number of pyridine rings is 2. The van der Waals surface area contributed by atoms with Gasteiger partial charge in [-0.1, -0.05) is 41.4 Å². The number of Topliss-reactive ketones (excluding diaryl/α,β-unsaturated/α-hetero) is 1. The molecule has 170 valence electrons. The van der Waals surface area contributed by atoms with Crippen molar-refractivity contribution in [3.8, 4) is 11.3 Å². The molecule has 2 aromatic carbocycles. The van der Waals surface area contributed by atoms with Crippen LogP contribution in [0, 0.1) is 5.92 Å². The van der Waals surface area contributed by atoms with E-state index < -0.39 is 0 Å². The summed E-state index contributed by atoms with van der Waals surface area (Å²) in [5, 5.41) is 1.61. The Morgan fingerprint density at radius 2 is 1.62 bits per heavy atom. The highest BCUT2D eigenvalue weighted by molar-refractivity contribution is 6.42. The molecule has 5 nitrogen and oxygen atoms in total. The fraction of sp³-hybridized carbons (Fsp3) is 0.185. The SMILES string of the molecule is O=C(c1ccc(Cl)c(Cl)c1)C1CCN(C(=O)c2cc(-c3ccncc3)nc3ccccc23)CC1. The lowest BCUT2D eigenvalue weighted by atomic mass is 9.88. The van der Waals surface area contributed by atoms with Crippen molar-refractivity contribution in [3.63, 3.8) is 0 Å². The molecule has 1 aliphatic heterocycles. The molecule has 7 heteroatoms. The van der Waals surface area contributed by atoms with Gasteiger partial charge in [-0.15, -0.1) is 0 Å². The number of amides is 1. The van der Waals surface area contributed by atoms with Gasteiger partial charge in [-0.3, -0.25) is 14.6 Å². The summed E-state index contributed by atoms with van der Waals surface area (Å²) in [5.41, 5.74) is 3.58. The van der Waals surface area contributed by atoms with Crippen LogP contribution >= 0.6 is 23.2 Å². The summed E-state index contributed by atoms with van der Waals surface area (Å²) in [4.78, 5) is 37.2. The lowest BCUT2D eigenvalue weighted by Crippen LogP contribution is -2.40. The summed E-state index contributed by atoms with van der Waals surface area (Å²) in [6, 6.07) is 18.3. The van der Waals surface area contributed by atoms with Gasteiger partial charge in [0.15, 0.2) is 5.78 Å². The topological polar surface area (TPSA) is 63.2 Å². The van der Waals surface area contributed by atoms with E-state index in [0.29, 0.717) is 47.1 Å². The van der Waals surface area contributed by atoms with Gasteiger partial charge in [-0.25, -0.2) is 4.98 Å². The first-order valence-corrected chi connectivity index (χ1v) is 11.9. The molecule has 0 saturated carbocycles. The fourth-order valence-corrected chi connectivity index (χ4v) is 4.72. The Balaban J connectivity index is 1.38. The molecule has 5 rings (SSSR count). The van der Waals surface area contributed by atoms with E-state index in [4.69, 9.17) is 28.2 Å². The minimum Gasteiger partial charge on any atom is -0.339 e. The number of piperidine rings is 1. The van der Waals surface area contributed by atoms with Gasteiger partial charge >= 0.3 is 0 Å². The largest absolute Gasteiger partial charge is 0.339 e. The van der Waals surface area contributed by atoms with Crippen LogP contribution in [0.1, 0.15) is 33.6 Å². The smallest absolute Gasteiger partial charge is 0.254 e. The van der Waals surface area contributed by atoms with Gasteiger partial charge in [0.2, 0.25) is 0 Å². The summed E-state index contributed by atoms with van der Waals surface area (Å²) in [7, 11) is 0. The third-order valence-corrected chi connectivity index (χ3v) is 7.02.